The van der Waals surface area contributed by atoms with Gasteiger partial charge in [0, 0.05) is 11.9 Å². The van der Waals surface area contributed by atoms with Gasteiger partial charge in [-0.3, -0.25) is 0 Å². The van der Waals surface area contributed by atoms with E-state index in [1.54, 1.807) is 0 Å². The molecule has 122 valence electrons. The number of imidazole rings is 1. The first-order chi connectivity index (χ1) is 11.6. The van der Waals surface area contributed by atoms with Crippen LogP contribution >= 0.6 is 0 Å². The first-order valence-electron chi connectivity index (χ1n) is 8.05. The number of aliphatic hydroxyl groups is 1. The third-order valence-electron chi connectivity index (χ3n) is 4.98. The summed E-state index contributed by atoms with van der Waals surface area (Å²) in [5, 5.41) is 14.2. The van der Waals surface area contributed by atoms with Gasteiger partial charge in [0.2, 0.25) is 0 Å². The molecule has 2 aromatic heterocycles. The molecule has 3 atom stereocenters. The number of aldehydes is 1. The minimum atomic E-state index is -0.822. The summed E-state index contributed by atoms with van der Waals surface area (Å²) < 4.78 is 2.02. The van der Waals surface area contributed by atoms with Crippen molar-refractivity contribution in [3.8, 4) is 0 Å². The second kappa shape index (κ2) is 5.46. The summed E-state index contributed by atoms with van der Waals surface area (Å²) in [6, 6.07) is 11.2. The fourth-order valence-electron chi connectivity index (χ4n) is 3.51. The van der Waals surface area contributed by atoms with Crippen molar-refractivity contribution in [2.24, 2.45) is 0 Å². The molecule has 5 nitrogen and oxygen atoms in total. The van der Waals surface area contributed by atoms with Gasteiger partial charge in [-0.15, -0.1) is 0 Å². The molecule has 3 aromatic rings. The van der Waals surface area contributed by atoms with Gasteiger partial charge in [-0.2, -0.15) is 0 Å². The normalized spacial score (nSPS) is 22.9. The molecule has 24 heavy (non-hydrogen) atoms. The Morgan fingerprint density at radius 1 is 1.21 bits per heavy atom. The molecule has 4 rings (SSSR count). The number of carbonyl (C=O) groups is 1. The van der Waals surface area contributed by atoms with Gasteiger partial charge in [0.1, 0.15) is 6.29 Å². The third kappa shape index (κ3) is 2.05. The van der Waals surface area contributed by atoms with Crippen molar-refractivity contribution in [3.63, 3.8) is 0 Å². The maximum absolute atomic E-state index is 11.7. The number of benzene rings is 1. The summed E-state index contributed by atoms with van der Waals surface area (Å²) >= 11 is 0. The molecule has 0 saturated carbocycles. The molecule has 1 aliphatic rings. The van der Waals surface area contributed by atoms with Gasteiger partial charge in [0.25, 0.3) is 0 Å². The summed E-state index contributed by atoms with van der Waals surface area (Å²) in [6.07, 6.45) is 1.92. The number of rotatable bonds is 2. The molecule has 0 fully saturated rings. The maximum Gasteiger partial charge on any atom is 0.161 e. The molecule has 1 aromatic carbocycles. The van der Waals surface area contributed by atoms with Crippen molar-refractivity contribution in [2.45, 2.75) is 31.9 Å². The molecule has 0 amide bonds. The zero-order valence-corrected chi connectivity index (χ0v) is 13.6. The Morgan fingerprint density at radius 3 is 2.67 bits per heavy atom. The van der Waals surface area contributed by atoms with Crippen LogP contribution in [0.15, 0.2) is 42.6 Å². The van der Waals surface area contributed by atoms with E-state index >= 15 is 0 Å². The third-order valence-corrected chi connectivity index (χ3v) is 4.98. The summed E-state index contributed by atoms with van der Waals surface area (Å²) in [5.74, 6) is -0.575. The average molecular weight is 321 g/mol. The second-order valence-electron chi connectivity index (χ2n) is 6.31. The summed E-state index contributed by atoms with van der Waals surface area (Å²) in [7, 11) is 0. The van der Waals surface area contributed by atoms with Crippen LogP contribution in [0.25, 0.3) is 5.65 Å². The van der Waals surface area contributed by atoms with E-state index in [0.717, 1.165) is 40.1 Å². The molecule has 2 N–H and O–H groups in total. The van der Waals surface area contributed by atoms with Crippen LogP contribution < -0.4 is 5.32 Å². The van der Waals surface area contributed by atoms with Gasteiger partial charge in [-0.25, -0.2) is 4.98 Å². The van der Waals surface area contributed by atoms with Gasteiger partial charge in [-0.05, 0) is 31.0 Å². The smallest absolute Gasteiger partial charge is 0.161 e. The van der Waals surface area contributed by atoms with Crippen LogP contribution in [0.3, 0.4) is 0 Å². The van der Waals surface area contributed by atoms with E-state index in [2.05, 4.69) is 10.3 Å². The minimum Gasteiger partial charge on any atom is -0.390 e. The molecular weight excluding hydrogens is 302 g/mol. The zero-order chi connectivity index (χ0) is 16.8. The Labute approximate surface area is 140 Å². The number of nitrogens with one attached hydrogen (secondary N) is 1. The van der Waals surface area contributed by atoms with Gasteiger partial charge in [-0.1, -0.05) is 30.3 Å². The Hall–Kier alpha value is -2.66. The SMILES string of the molecule is Cc1nc2c3c(ccn2c1C)C(C=O)[C@H](O)[C@@H](c1ccccc1)N3. The lowest BCUT2D eigenvalue weighted by atomic mass is 9.83. The predicted molar refractivity (Wildman–Crippen MR) is 92.3 cm³/mol. The Balaban J connectivity index is 1.93. The van der Waals surface area contributed by atoms with Crippen LogP contribution in [-0.2, 0) is 4.79 Å². The number of carbonyl (C=O) groups excluding carboxylic acids is 1. The molecule has 0 bridgehead atoms. The van der Waals surface area contributed by atoms with Gasteiger partial charge < -0.3 is 19.6 Å². The number of hydrogen-bond donors (Lipinski definition) is 2. The number of aryl methyl sites for hydroxylation is 2. The number of hydrogen-bond acceptors (Lipinski definition) is 4. The molecular formula is C19H19N3O2. The van der Waals surface area contributed by atoms with Gasteiger partial charge in [0.15, 0.2) is 5.65 Å². The summed E-state index contributed by atoms with van der Waals surface area (Å²) in [5.41, 5.74) is 5.38. The van der Waals surface area contributed by atoms with E-state index in [-0.39, 0.29) is 6.04 Å². The van der Waals surface area contributed by atoms with Gasteiger partial charge >= 0.3 is 0 Å². The largest absolute Gasteiger partial charge is 0.390 e. The van der Waals surface area contributed by atoms with Crippen molar-refractivity contribution in [1.82, 2.24) is 9.38 Å². The molecule has 5 heteroatoms. The molecule has 1 aliphatic heterocycles. The zero-order valence-electron chi connectivity index (χ0n) is 13.6. The van der Waals surface area contributed by atoms with Crippen LogP contribution in [0.5, 0.6) is 0 Å². The van der Waals surface area contributed by atoms with Crippen molar-refractivity contribution in [3.05, 3.63) is 65.1 Å². The van der Waals surface area contributed by atoms with Crippen LogP contribution in [0.1, 0.15) is 34.5 Å². The highest BCUT2D eigenvalue weighted by Crippen LogP contribution is 2.41. The molecule has 0 saturated heterocycles. The fourth-order valence-corrected chi connectivity index (χ4v) is 3.51. The fraction of sp³-hybridized carbons (Fsp3) is 0.263. The average Bonchev–Trinajstić information content (AvgIpc) is 2.90. The topological polar surface area (TPSA) is 66.6 Å². The van der Waals surface area contributed by atoms with Crippen LogP contribution in [0.2, 0.25) is 0 Å². The highest BCUT2D eigenvalue weighted by Gasteiger charge is 2.37. The van der Waals surface area contributed by atoms with Crippen LogP contribution in [0.4, 0.5) is 5.69 Å². The highest BCUT2D eigenvalue weighted by atomic mass is 16.3. The maximum atomic E-state index is 11.7. The van der Waals surface area contributed by atoms with E-state index in [4.69, 9.17) is 0 Å². The minimum absolute atomic E-state index is 0.350. The molecule has 0 aliphatic carbocycles. The van der Waals surface area contributed by atoms with E-state index < -0.39 is 12.0 Å². The quantitative estimate of drug-likeness (QED) is 0.712. The number of aliphatic hydroxyl groups excluding tert-OH is 1. The van der Waals surface area contributed by atoms with E-state index in [1.165, 1.54) is 0 Å². The lowest BCUT2D eigenvalue weighted by Crippen LogP contribution is -2.37. The van der Waals surface area contributed by atoms with Crippen LogP contribution in [0, 0.1) is 13.8 Å². The standard InChI is InChI=1S/C19H19N3O2/c1-11-12(2)22-9-8-14-15(10-23)18(24)16(13-6-4-3-5-7-13)21-17(14)19(22)20-11/h3-10,15-16,18,21,24H,1-2H3/t15?,16-,18+/m1/s1. The molecule has 1 unspecified atom stereocenters. The van der Waals surface area contributed by atoms with E-state index in [1.807, 2.05) is 60.8 Å². The Kier molecular flexibility index (Phi) is 3.39. The lowest BCUT2D eigenvalue weighted by molar-refractivity contribution is -0.111. The van der Waals surface area contributed by atoms with Crippen LogP contribution in [-0.4, -0.2) is 26.9 Å². The lowest BCUT2D eigenvalue weighted by Gasteiger charge is -2.35. The second-order valence-corrected chi connectivity index (χ2v) is 6.31. The number of pyridine rings is 1. The van der Waals surface area contributed by atoms with Crippen molar-refractivity contribution < 1.29 is 9.90 Å². The van der Waals surface area contributed by atoms with E-state index in [9.17, 15) is 9.90 Å². The van der Waals surface area contributed by atoms with Crippen molar-refractivity contribution >= 4 is 17.6 Å². The molecule has 0 spiro atoms. The number of anilines is 1. The number of nitrogens with zero attached hydrogens (tertiary/aromatic N) is 2. The first-order valence-corrected chi connectivity index (χ1v) is 8.05. The summed E-state index contributed by atoms with van der Waals surface area (Å²) in [6.45, 7) is 3.99. The number of aromatic nitrogens is 2. The Morgan fingerprint density at radius 2 is 1.96 bits per heavy atom. The highest BCUT2D eigenvalue weighted by molar-refractivity contribution is 5.81. The first kappa shape index (κ1) is 14.9. The number of fused-ring (bicyclic) bond motifs is 3. The molecule has 0 radical (unpaired) electrons. The summed E-state index contributed by atoms with van der Waals surface area (Å²) in [4.78, 5) is 16.4. The Bertz CT molecular complexity index is 917. The predicted octanol–water partition coefficient (Wildman–Crippen LogP) is 2.76. The monoisotopic (exact) mass is 321 g/mol. The van der Waals surface area contributed by atoms with Crippen molar-refractivity contribution in [1.29, 1.82) is 0 Å². The molecule has 3 heterocycles. The van der Waals surface area contributed by atoms with E-state index in [0.29, 0.717) is 0 Å². The van der Waals surface area contributed by atoms with Crippen molar-refractivity contribution in [2.75, 3.05) is 5.32 Å². The van der Waals surface area contributed by atoms with Gasteiger partial charge in [0.05, 0.1) is 29.4 Å².